The molecule has 1 aromatic carbocycles. The van der Waals surface area contributed by atoms with Gasteiger partial charge >= 0.3 is 0 Å². The third-order valence-electron chi connectivity index (χ3n) is 5.03. The summed E-state index contributed by atoms with van der Waals surface area (Å²) in [6.45, 7) is 6.81. The highest BCUT2D eigenvalue weighted by atomic mass is 32.2. The zero-order valence-electron chi connectivity index (χ0n) is 14.1. The Labute approximate surface area is 142 Å². The van der Waals surface area contributed by atoms with Gasteiger partial charge in [-0.25, -0.2) is 0 Å². The second-order valence-electron chi connectivity index (χ2n) is 6.67. The van der Waals surface area contributed by atoms with Gasteiger partial charge < -0.3 is 10.2 Å². The van der Waals surface area contributed by atoms with E-state index in [9.17, 15) is 9.59 Å². The highest BCUT2D eigenvalue weighted by Crippen LogP contribution is 2.37. The number of rotatable bonds is 3. The molecule has 0 unspecified atom stereocenters. The Morgan fingerprint density at radius 1 is 1.17 bits per heavy atom. The van der Waals surface area contributed by atoms with Crippen molar-refractivity contribution in [2.24, 2.45) is 0 Å². The number of aryl methyl sites for hydroxylation is 3. The average molecular weight is 332 g/mol. The number of hydrogen-bond acceptors (Lipinski definition) is 3. The number of amides is 2. The largest absolute Gasteiger partial charge is 0.327 e. The van der Waals surface area contributed by atoms with Crippen molar-refractivity contribution in [2.75, 3.05) is 23.4 Å². The second-order valence-corrected chi connectivity index (χ2v) is 7.89. The number of carbonyl (C=O) groups excluding carboxylic acids is 2. The van der Waals surface area contributed by atoms with Crippen LogP contribution in [-0.4, -0.2) is 40.3 Å². The lowest BCUT2D eigenvalue weighted by molar-refractivity contribution is -0.155. The zero-order valence-corrected chi connectivity index (χ0v) is 14.9. The first-order chi connectivity index (χ1) is 10.9. The zero-order chi connectivity index (χ0) is 16.6. The van der Waals surface area contributed by atoms with Crippen LogP contribution in [0.15, 0.2) is 12.1 Å². The predicted octanol–water partition coefficient (Wildman–Crippen LogP) is 3.05. The summed E-state index contributed by atoms with van der Waals surface area (Å²) >= 11 is 1.86. The van der Waals surface area contributed by atoms with Crippen molar-refractivity contribution in [3.05, 3.63) is 28.8 Å². The van der Waals surface area contributed by atoms with E-state index in [4.69, 9.17) is 0 Å². The Balaban J connectivity index is 1.89. The van der Waals surface area contributed by atoms with Crippen LogP contribution >= 0.6 is 11.8 Å². The van der Waals surface area contributed by atoms with E-state index in [1.54, 1.807) is 4.90 Å². The molecular weight excluding hydrogens is 308 g/mol. The third kappa shape index (κ3) is 2.87. The lowest BCUT2D eigenvalue weighted by atomic mass is 9.85. The molecule has 0 bridgehead atoms. The standard InChI is InChI=1S/C18H24N2O2S/c1-12-10-13(2)16(14(3)11-12)19-17(22)18(5-8-23-9-6-18)20-7-4-15(20)21/h10-11H,4-9H2,1-3H3,(H,19,22). The normalized spacial score (nSPS) is 20.1. The molecule has 2 heterocycles. The van der Waals surface area contributed by atoms with Gasteiger partial charge in [0.2, 0.25) is 11.8 Å². The van der Waals surface area contributed by atoms with E-state index in [0.717, 1.165) is 41.2 Å². The van der Waals surface area contributed by atoms with Crippen LogP contribution in [0.5, 0.6) is 0 Å². The molecule has 0 spiro atoms. The molecular formula is C18H24N2O2S. The highest BCUT2D eigenvalue weighted by Gasteiger charge is 2.50. The molecule has 0 atom stereocenters. The SMILES string of the molecule is Cc1cc(C)c(NC(=O)C2(N3CCC3=O)CCSCC2)c(C)c1. The second kappa shape index (κ2) is 6.19. The molecule has 3 rings (SSSR count). The molecule has 2 aliphatic rings. The summed E-state index contributed by atoms with van der Waals surface area (Å²) in [4.78, 5) is 27.0. The van der Waals surface area contributed by atoms with Gasteiger partial charge in [0.05, 0.1) is 0 Å². The van der Waals surface area contributed by atoms with E-state index in [1.165, 1.54) is 5.56 Å². The fraction of sp³-hybridized carbons (Fsp3) is 0.556. The number of β-lactam (4-membered cyclic amide) rings is 1. The minimum absolute atomic E-state index is 0.0131. The summed E-state index contributed by atoms with van der Waals surface area (Å²) < 4.78 is 0. The van der Waals surface area contributed by atoms with Crippen molar-refractivity contribution < 1.29 is 9.59 Å². The minimum Gasteiger partial charge on any atom is -0.327 e. The number of thioether (sulfide) groups is 1. The van der Waals surface area contributed by atoms with Crippen molar-refractivity contribution >= 4 is 29.3 Å². The molecule has 0 radical (unpaired) electrons. The number of hydrogen-bond donors (Lipinski definition) is 1. The summed E-state index contributed by atoms with van der Waals surface area (Å²) in [6, 6.07) is 4.17. The van der Waals surface area contributed by atoms with Crippen LogP contribution in [0.4, 0.5) is 5.69 Å². The van der Waals surface area contributed by atoms with Crippen molar-refractivity contribution in [1.82, 2.24) is 4.90 Å². The molecule has 1 aromatic rings. The molecule has 0 saturated carbocycles. The van der Waals surface area contributed by atoms with Gasteiger partial charge in [-0.15, -0.1) is 0 Å². The van der Waals surface area contributed by atoms with Crippen molar-refractivity contribution in [2.45, 2.75) is 45.6 Å². The van der Waals surface area contributed by atoms with E-state index in [1.807, 2.05) is 25.6 Å². The first kappa shape index (κ1) is 16.4. The van der Waals surface area contributed by atoms with E-state index in [0.29, 0.717) is 13.0 Å². The van der Waals surface area contributed by atoms with E-state index in [-0.39, 0.29) is 11.8 Å². The van der Waals surface area contributed by atoms with E-state index < -0.39 is 5.54 Å². The van der Waals surface area contributed by atoms with E-state index >= 15 is 0 Å². The van der Waals surface area contributed by atoms with Crippen LogP contribution in [-0.2, 0) is 9.59 Å². The summed E-state index contributed by atoms with van der Waals surface area (Å²) in [7, 11) is 0. The maximum atomic E-state index is 13.1. The molecule has 4 nitrogen and oxygen atoms in total. The number of nitrogens with one attached hydrogen (secondary N) is 1. The van der Waals surface area contributed by atoms with Crippen LogP contribution in [0, 0.1) is 20.8 Å². The fourth-order valence-electron chi connectivity index (χ4n) is 3.70. The Kier molecular flexibility index (Phi) is 4.41. The van der Waals surface area contributed by atoms with Gasteiger partial charge in [-0.2, -0.15) is 11.8 Å². The summed E-state index contributed by atoms with van der Waals surface area (Å²) in [6.07, 6.45) is 2.07. The average Bonchev–Trinajstić information content (AvgIpc) is 2.50. The first-order valence-electron chi connectivity index (χ1n) is 8.21. The molecule has 0 aromatic heterocycles. The van der Waals surface area contributed by atoms with Crippen molar-refractivity contribution in [1.29, 1.82) is 0 Å². The molecule has 2 saturated heterocycles. The van der Waals surface area contributed by atoms with Gasteiger partial charge in [0.15, 0.2) is 0 Å². The Morgan fingerprint density at radius 2 is 1.78 bits per heavy atom. The Bertz CT molecular complexity index is 627. The Hall–Kier alpha value is -1.49. The summed E-state index contributed by atoms with van der Waals surface area (Å²) in [5.41, 5.74) is 3.59. The third-order valence-corrected chi connectivity index (χ3v) is 6.01. The van der Waals surface area contributed by atoms with Crippen LogP contribution in [0.2, 0.25) is 0 Å². The minimum atomic E-state index is -0.648. The topological polar surface area (TPSA) is 49.4 Å². The molecule has 2 amide bonds. The molecule has 0 aliphatic carbocycles. The monoisotopic (exact) mass is 332 g/mol. The van der Waals surface area contributed by atoms with Gasteiger partial charge in [0.25, 0.3) is 0 Å². The number of nitrogens with zero attached hydrogens (tertiary/aromatic N) is 1. The summed E-state index contributed by atoms with van der Waals surface area (Å²) in [5, 5.41) is 3.14. The maximum absolute atomic E-state index is 13.1. The van der Waals surface area contributed by atoms with Gasteiger partial charge in [0, 0.05) is 18.7 Å². The first-order valence-corrected chi connectivity index (χ1v) is 9.37. The molecule has 1 N–H and O–H groups in total. The molecule has 2 aliphatic heterocycles. The summed E-state index contributed by atoms with van der Waals surface area (Å²) in [5.74, 6) is 1.97. The smallest absolute Gasteiger partial charge is 0.250 e. The number of anilines is 1. The van der Waals surface area contributed by atoms with Crippen LogP contribution in [0.3, 0.4) is 0 Å². The molecule has 5 heteroatoms. The van der Waals surface area contributed by atoms with Gasteiger partial charge in [-0.1, -0.05) is 17.7 Å². The van der Waals surface area contributed by atoms with Gasteiger partial charge in [0.1, 0.15) is 5.54 Å². The number of carbonyl (C=O) groups is 2. The molecule has 23 heavy (non-hydrogen) atoms. The predicted molar refractivity (Wildman–Crippen MR) is 94.9 cm³/mol. The Morgan fingerprint density at radius 3 is 2.26 bits per heavy atom. The van der Waals surface area contributed by atoms with Crippen molar-refractivity contribution in [3.8, 4) is 0 Å². The quantitative estimate of drug-likeness (QED) is 0.866. The lowest BCUT2D eigenvalue weighted by Gasteiger charge is -2.49. The lowest BCUT2D eigenvalue weighted by Crippen LogP contribution is -2.65. The van der Waals surface area contributed by atoms with Gasteiger partial charge in [-0.3, -0.25) is 9.59 Å². The molecule has 124 valence electrons. The van der Waals surface area contributed by atoms with Gasteiger partial charge in [-0.05, 0) is 56.2 Å². The van der Waals surface area contributed by atoms with Crippen LogP contribution in [0.1, 0.15) is 36.0 Å². The fourth-order valence-corrected chi connectivity index (χ4v) is 4.87. The number of likely N-dealkylation sites (tertiary alicyclic amines) is 1. The molecule has 2 fully saturated rings. The van der Waals surface area contributed by atoms with Crippen LogP contribution < -0.4 is 5.32 Å². The highest BCUT2D eigenvalue weighted by molar-refractivity contribution is 7.99. The van der Waals surface area contributed by atoms with Crippen molar-refractivity contribution in [3.63, 3.8) is 0 Å². The number of benzene rings is 1. The maximum Gasteiger partial charge on any atom is 0.250 e. The van der Waals surface area contributed by atoms with E-state index in [2.05, 4.69) is 24.4 Å². The van der Waals surface area contributed by atoms with Crippen LogP contribution in [0.25, 0.3) is 0 Å².